The SMILES string of the molecule is CC(C)C[C@@H]1NC(=O)OC(Cc2ccccc2)CC/C=C/CNC(=O)CC[C@@H](C=O)NC1=O. The number of carbonyl (C=O) groups is 4. The summed E-state index contributed by atoms with van der Waals surface area (Å²) >= 11 is 0. The molecular formula is C25H35N3O5. The molecule has 1 aromatic carbocycles. The second-order valence-corrected chi connectivity index (χ2v) is 8.69. The van der Waals surface area contributed by atoms with Gasteiger partial charge in [-0.05, 0) is 37.2 Å². The van der Waals surface area contributed by atoms with Crippen LogP contribution < -0.4 is 16.0 Å². The maximum Gasteiger partial charge on any atom is 0.408 e. The zero-order valence-electron chi connectivity index (χ0n) is 19.4. The Balaban J connectivity index is 2.17. The van der Waals surface area contributed by atoms with Crippen LogP contribution in [-0.4, -0.2) is 48.9 Å². The van der Waals surface area contributed by atoms with E-state index < -0.39 is 24.1 Å². The van der Waals surface area contributed by atoms with Crippen LogP contribution in [-0.2, 0) is 25.5 Å². The first kappa shape index (κ1) is 26.1. The lowest BCUT2D eigenvalue weighted by atomic mass is 10.0. The molecule has 3 N–H and O–H groups in total. The van der Waals surface area contributed by atoms with Crippen molar-refractivity contribution in [2.45, 2.75) is 70.6 Å². The molecule has 1 unspecified atom stereocenters. The molecule has 0 bridgehead atoms. The summed E-state index contributed by atoms with van der Waals surface area (Å²) in [6.45, 7) is 4.25. The first-order valence-corrected chi connectivity index (χ1v) is 11.6. The van der Waals surface area contributed by atoms with E-state index in [2.05, 4.69) is 16.0 Å². The zero-order chi connectivity index (χ0) is 24.1. The average molecular weight is 458 g/mol. The molecule has 0 aromatic heterocycles. The predicted molar refractivity (Wildman–Crippen MR) is 125 cm³/mol. The topological polar surface area (TPSA) is 114 Å². The van der Waals surface area contributed by atoms with Crippen molar-refractivity contribution in [1.82, 2.24) is 16.0 Å². The van der Waals surface area contributed by atoms with E-state index in [1.54, 1.807) is 0 Å². The lowest BCUT2D eigenvalue weighted by molar-refractivity contribution is -0.127. The van der Waals surface area contributed by atoms with E-state index in [0.717, 1.165) is 5.56 Å². The number of hydrogen-bond donors (Lipinski definition) is 3. The Morgan fingerprint density at radius 2 is 1.82 bits per heavy atom. The van der Waals surface area contributed by atoms with Gasteiger partial charge in [0.1, 0.15) is 18.4 Å². The van der Waals surface area contributed by atoms with Crippen molar-refractivity contribution in [3.05, 3.63) is 48.0 Å². The highest BCUT2D eigenvalue weighted by molar-refractivity contribution is 5.87. The smallest absolute Gasteiger partial charge is 0.408 e. The Labute approximate surface area is 195 Å². The van der Waals surface area contributed by atoms with Gasteiger partial charge < -0.3 is 25.5 Å². The number of nitrogens with one attached hydrogen (secondary N) is 3. The maximum absolute atomic E-state index is 12.8. The van der Waals surface area contributed by atoms with Gasteiger partial charge >= 0.3 is 6.09 Å². The Hall–Kier alpha value is -3.16. The molecular weight excluding hydrogens is 422 g/mol. The van der Waals surface area contributed by atoms with Crippen molar-refractivity contribution in [3.8, 4) is 0 Å². The molecule has 1 aliphatic heterocycles. The van der Waals surface area contributed by atoms with Gasteiger partial charge in [-0.25, -0.2) is 4.79 Å². The second kappa shape index (κ2) is 14.1. The van der Waals surface area contributed by atoms with Crippen molar-refractivity contribution in [3.63, 3.8) is 0 Å². The molecule has 180 valence electrons. The summed E-state index contributed by atoms with van der Waals surface area (Å²) in [4.78, 5) is 49.0. The van der Waals surface area contributed by atoms with Crippen LogP contribution in [0.15, 0.2) is 42.5 Å². The van der Waals surface area contributed by atoms with Gasteiger partial charge in [-0.3, -0.25) is 9.59 Å². The number of aldehydes is 1. The Bertz CT molecular complexity index is 810. The monoisotopic (exact) mass is 457 g/mol. The lowest BCUT2D eigenvalue weighted by Gasteiger charge is -2.24. The third-order valence-electron chi connectivity index (χ3n) is 5.31. The molecule has 0 fully saturated rings. The summed E-state index contributed by atoms with van der Waals surface area (Å²) in [5.74, 6) is -0.535. The largest absolute Gasteiger partial charge is 0.446 e. The lowest BCUT2D eigenvalue weighted by Crippen LogP contribution is -2.51. The third-order valence-corrected chi connectivity index (χ3v) is 5.31. The van der Waals surface area contributed by atoms with Crippen LogP contribution in [0.25, 0.3) is 0 Å². The summed E-state index contributed by atoms with van der Waals surface area (Å²) in [7, 11) is 0. The quantitative estimate of drug-likeness (QED) is 0.465. The molecule has 0 spiro atoms. The number of ether oxygens (including phenoxy) is 1. The van der Waals surface area contributed by atoms with Gasteiger partial charge in [-0.1, -0.05) is 56.3 Å². The van der Waals surface area contributed by atoms with Crippen LogP contribution in [0.2, 0.25) is 0 Å². The van der Waals surface area contributed by atoms with Gasteiger partial charge in [0.2, 0.25) is 11.8 Å². The molecule has 1 aromatic rings. The number of benzene rings is 1. The van der Waals surface area contributed by atoms with Gasteiger partial charge in [-0.2, -0.15) is 0 Å². The fourth-order valence-corrected chi connectivity index (χ4v) is 3.60. The Kier molecular flexibility index (Phi) is 11.1. The molecule has 1 heterocycles. The van der Waals surface area contributed by atoms with Crippen LogP contribution in [0.5, 0.6) is 0 Å². The average Bonchev–Trinajstić information content (AvgIpc) is 2.78. The molecule has 1 aliphatic rings. The molecule has 0 radical (unpaired) electrons. The van der Waals surface area contributed by atoms with Crippen LogP contribution in [0.1, 0.15) is 51.5 Å². The molecule has 3 atom stereocenters. The summed E-state index contributed by atoms with van der Waals surface area (Å²) in [5, 5.41) is 8.09. The van der Waals surface area contributed by atoms with Crippen LogP contribution in [0.4, 0.5) is 4.79 Å². The minimum atomic E-state index is -0.846. The normalized spacial score (nSPS) is 24.6. The minimum absolute atomic E-state index is 0.112. The van der Waals surface area contributed by atoms with E-state index in [4.69, 9.17) is 4.74 Å². The first-order valence-electron chi connectivity index (χ1n) is 11.6. The van der Waals surface area contributed by atoms with Crippen molar-refractivity contribution in [2.24, 2.45) is 5.92 Å². The Morgan fingerprint density at radius 1 is 1.06 bits per heavy atom. The number of allylic oxidation sites excluding steroid dienone is 1. The highest BCUT2D eigenvalue weighted by atomic mass is 16.6. The van der Waals surface area contributed by atoms with E-state index in [-0.39, 0.29) is 30.8 Å². The minimum Gasteiger partial charge on any atom is -0.446 e. The molecule has 0 aliphatic carbocycles. The Morgan fingerprint density at radius 3 is 2.52 bits per heavy atom. The number of hydrogen-bond acceptors (Lipinski definition) is 5. The van der Waals surface area contributed by atoms with Crippen LogP contribution in [0.3, 0.4) is 0 Å². The standard InChI is InChI=1S/C25H35N3O5/c1-18(2)15-22-24(31)27-20(17-29)12-13-23(30)26-14-8-4-7-11-21(33-25(32)28-22)16-19-9-5-3-6-10-19/h3-6,8-10,17-18,20-22H,7,11-16H2,1-2H3,(H,26,30)(H,27,31)(H,28,32)/b8-4+/t20-,21?,22-/m0/s1. The molecule has 3 amide bonds. The number of rotatable bonds is 5. The van der Waals surface area contributed by atoms with Crippen molar-refractivity contribution in [2.75, 3.05) is 6.54 Å². The molecule has 2 rings (SSSR count). The highest BCUT2D eigenvalue weighted by Gasteiger charge is 2.26. The summed E-state index contributed by atoms with van der Waals surface area (Å²) in [6.07, 6.45) is 5.87. The second-order valence-electron chi connectivity index (χ2n) is 8.69. The highest BCUT2D eigenvalue weighted by Crippen LogP contribution is 2.13. The maximum atomic E-state index is 12.8. The van der Waals surface area contributed by atoms with Crippen LogP contribution >= 0.6 is 0 Å². The van der Waals surface area contributed by atoms with E-state index in [1.807, 2.05) is 56.3 Å². The summed E-state index contributed by atoms with van der Waals surface area (Å²) in [6, 6.07) is 8.09. The third kappa shape index (κ3) is 10.3. The molecule has 8 heteroatoms. The van der Waals surface area contributed by atoms with E-state index >= 15 is 0 Å². The first-order chi connectivity index (χ1) is 15.9. The summed E-state index contributed by atoms with van der Waals surface area (Å²) in [5.41, 5.74) is 1.04. The molecule has 8 nitrogen and oxygen atoms in total. The van der Waals surface area contributed by atoms with Crippen LogP contribution in [0, 0.1) is 5.92 Å². The molecule has 0 saturated carbocycles. The summed E-state index contributed by atoms with van der Waals surface area (Å²) < 4.78 is 5.71. The van der Waals surface area contributed by atoms with Gasteiger partial charge in [0.05, 0.1) is 6.04 Å². The number of amides is 3. The van der Waals surface area contributed by atoms with Crippen molar-refractivity contribution in [1.29, 1.82) is 0 Å². The van der Waals surface area contributed by atoms with E-state index in [9.17, 15) is 19.2 Å². The van der Waals surface area contributed by atoms with Crippen molar-refractivity contribution < 1.29 is 23.9 Å². The van der Waals surface area contributed by atoms with E-state index in [0.29, 0.717) is 38.5 Å². The fourth-order valence-electron chi connectivity index (χ4n) is 3.60. The molecule has 0 saturated heterocycles. The van der Waals surface area contributed by atoms with Gasteiger partial charge in [0, 0.05) is 19.4 Å². The predicted octanol–water partition coefficient (Wildman–Crippen LogP) is 2.67. The fraction of sp³-hybridized carbons (Fsp3) is 0.520. The zero-order valence-corrected chi connectivity index (χ0v) is 19.4. The number of cyclic esters (lactones) is 1. The van der Waals surface area contributed by atoms with Gasteiger partial charge in [-0.15, -0.1) is 0 Å². The van der Waals surface area contributed by atoms with Crippen molar-refractivity contribution >= 4 is 24.2 Å². The van der Waals surface area contributed by atoms with E-state index in [1.165, 1.54) is 0 Å². The van der Waals surface area contributed by atoms with Gasteiger partial charge in [0.15, 0.2) is 0 Å². The molecule has 33 heavy (non-hydrogen) atoms. The van der Waals surface area contributed by atoms with Gasteiger partial charge in [0.25, 0.3) is 0 Å². The number of carbonyl (C=O) groups excluding carboxylic acids is 4. The number of alkyl carbamates (subject to hydrolysis) is 1.